The lowest BCUT2D eigenvalue weighted by molar-refractivity contribution is -0.144. The van der Waals surface area contributed by atoms with Gasteiger partial charge >= 0.3 is 5.97 Å². The quantitative estimate of drug-likeness (QED) is 0.111. The lowest BCUT2D eigenvalue weighted by atomic mass is 10.1. The Kier molecular flexibility index (Phi) is 23.0. The van der Waals surface area contributed by atoms with E-state index >= 15 is 0 Å². The molecule has 0 rings (SSSR count). The number of unbranched alkanes of at least 4 members (excludes halogenated alkanes) is 11. The third-order valence-corrected chi connectivity index (χ3v) is 5.11. The first kappa shape index (κ1) is 28.8. The molecular weight excluding hydrogens is 382 g/mol. The molecule has 6 heteroatoms. The van der Waals surface area contributed by atoms with Crippen molar-refractivity contribution in [3.8, 4) is 0 Å². The van der Waals surface area contributed by atoms with Crippen LogP contribution in [-0.4, -0.2) is 66.8 Å². The second-order valence-corrected chi connectivity index (χ2v) is 7.80. The minimum absolute atomic E-state index is 0.0357. The molecule has 0 aromatic heterocycles. The van der Waals surface area contributed by atoms with Crippen LogP contribution in [0.3, 0.4) is 0 Å². The van der Waals surface area contributed by atoms with E-state index in [1.807, 2.05) is 4.90 Å². The molecule has 0 aromatic rings. The van der Waals surface area contributed by atoms with Crippen LogP contribution in [0.1, 0.15) is 89.9 Å². The fourth-order valence-electron chi connectivity index (χ4n) is 3.30. The Labute approximate surface area is 183 Å². The van der Waals surface area contributed by atoms with Gasteiger partial charge in [-0.05, 0) is 38.5 Å². The van der Waals surface area contributed by atoms with Gasteiger partial charge in [0.2, 0.25) is 0 Å². The van der Waals surface area contributed by atoms with Crippen molar-refractivity contribution in [1.82, 2.24) is 4.90 Å². The van der Waals surface area contributed by atoms with Crippen molar-refractivity contribution in [2.45, 2.75) is 89.9 Å². The number of nitrogens with zero attached hydrogens (tertiary/aromatic N) is 1. The zero-order chi connectivity index (χ0) is 22.1. The molecule has 0 aliphatic heterocycles. The Morgan fingerprint density at radius 1 is 0.700 bits per heavy atom. The van der Waals surface area contributed by atoms with Gasteiger partial charge in [-0.15, -0.1) is 0 Å². The molecule has 0 amide bonds. The van der Waals surface area contributed by atoms with Crippen LogP contribution >= 0.6 is 0 Å². The highest BCUT2D eigenvalue weighted by atomic mass is 16.5. The highest BCUT2D eigenvalue weighted by Gasteiger charge is 2.06. The first-order valence-corrected chi connectivity index (χ1v) is 11.9. The number of ether oxygens (including phenoxy) is 1. The molecule has 0 aromatic carbocycles. The number of hydrogen-bond donors (Lipinski definition) is 2. The maximum Gasteiger partial charge on any atom is 0.305 e. The third-order valence-electron chi connectivity index (χ3n) is 5.11. The molecular formula is C24H45NO5. The van der Waals surface area contributed by atoms with E-state index < -0.39 is 0 Å². The summed E-state index contributed by atoms with van der Waals surface area (Å²) in [5.74, 6) is -0.158. The van der Waals surface area contributed by atoms with Crippen LogP contribution < -0.4 is 0 Å². The average molecular weight is 428 g/mol. The zero-order valence-electron chi connectivity index (χ0n) is 18.9. The van der Waals surface area contributed by atoms with Gasteiger partial charge in [-0.2, -0.15) is 0 Å². The van der Waals surface area contributed by atoms with Crippen molar-refractivity contribution in [3.05, 3.63) is 12.2 Å². The van der Waals surface area contributed by atoms with E-state index in [1.165, 1.54) is 38.5 Å². The summed E-state index contributed by atoms with van der Waals surface area (Å²) in [6, 6.07) is 0. The van der Waals surface area contributed by atoms with Crippen LogP contribution in [0, 0.1) is 0 Å². The van der Waals surface area contributed by atoms with Crippen molar-refractivity contribution in [2.75, 3.05) is 39.5 Å². The predicted molar refractivity (Wildman–Crippen MR) is 121 cm³/mol. The van der Waals surface area contributed by atoms with Crippen LogP contribution in [-0.2, 0) is 14.3 Å². The van der Waals surface area contributed by atoms with E-state index in [0.29, 0.717) is 39.1 Å². The molecule has 0 aliphatic rings. The first-order valence-electron chi connectivity index (χ1n) is 11.9. The molecule has 6 nitrogen and oxygen atoms in total. The van der Waals surface area contributed by atoms with Gasteiger partial charge in [0.1, 0.15) is 12.9 Å². The maximum atomic E-state index is 11.7. The van der Waals surface area contributed by atoms with Crippen LogP contribution in [0.5, 0.6) is 0 Å². The molecule has 0 bridgehead atoms. The van der Waals surface area contributed by atoms with Crippen molar-refractivity contribution in [2.24, 2.45) is 0 Å². The molecule has 0 unspecified atom stereocenters. The molecule has 0 heterocycles. The average Bonchev–Trinajstić information content (AvgIpc) is 2.73. The topological polar surface area (TPSA) is 87.1 Å². The SMILES string of the molecule is O=CCCCCCCC/C=C/CCCCCCCC(=O)OCCN(CCO)CCO. The molecule has 0 atom stereocenters. The number of aliphatic hydroxyl groups excluding tert-OH is 2. The van der Waals surface area contributed by atoms with Crippen molar-refractivity contribution in [3.63, 3.8) is 0 Å². The predicted octanol–water partition coefficient (Wildman–Crippen LogP) is 4.03. The van der Waals surface area contributed by atoms with E-state index in [-0.39, 0.29) is 19.2 Å². The van der Waals surface area contributed by atoms with E-state index in [0.717, 1.165) is 44.8 Å². The highest BCUT2D eigenvalue weighted by Crippen LogP contribution is 2.10. The zero-order valence-corrected chi connectivity index (χ0v) is 18.9. The lowest BCUT2D eigenvalue weighted by Gasteiger charge is -2.19. The lowest BCUT2D eigenvalue weighted by Crippen LogP contribution is -2.33. The summed E-state index contributed by atoms with van der Waals surface area (Å²) in [6.45, 7) is 1.89. The van der Waals surface area contributed by atoms with E-state index in [2.05, 4.69) is 12.2 Å². The third kappa shape index (κ3) is 21.5. The molecule has 176 valence electrons. The Hall–Kier alpha value is -1.24. The molecule has 0 aliphatic carbocycles. The molecule has 30 heavy (non-hydrogen) atoms. The largest absolute Gasteiger partial charge is 0.464 e. The number of hydrogen-bond acceptors (Lipinski definition) is 6. The number of carbonyl (C=O) groups excluding carboxylic acids is 2. The number of aliphatic hydroxyl groups is 2. The van der Waals surface area contributed by atoms with Crippen LogP contribution in [0.15, 0.2) is 12.2 Å². The molecule has 0 spiro atoms. The van der Waals surface area contributed by atoms with Gasteiger partial charge in [-0.1, -0.05) is 50.7 Å². The molecule has 0 fully saturated rings. The van der Waals surface area contributed by atoms with Crippen LogP contribution in [0.25, 0.3) is 0 Å². The highest BCUT2D eigenvalue weighted by molar-refractivity contribution is 5.69. The number of carbonyl (C=O) groups is 2. The van der Waals surface area contributed by atoms with Gasteiger partial charge in [0.05, 0.1) is 13.2 Å². The minimum Gasteiger partial charge on any atom is -0.464 e. The molecule has 0 saturated heterocycles. The summed E-state index contributed by atoms with van der Waals surface area (Å²) < 4.78 is 5.22. The number of allylic oxidation sites excluding steroid dienone is 2. The summed E-state index contributed by atoms with van der Waals surface area (Å²) in [7, 11) is 0. The van der Waals surface area contributed by atoms with E-state index in [4.69, 9.17) is 14.9 Å². The fourth-order valence-corrected chi connectivity index (χ4v) is 3.30. The second kappa shape index (κ2) is 24.0. The van der Waals surface area contributed by atoms with Crippen molar-refractivity contribution < 1.29 is 24.5 Å². The first-order chi connectivity index (χ1) is 14.7. The van der Waals surface area contributed by atoms with Gasteiger partial charge in [0.25, 0.3) is 0 Å². The monoisotopic (exact) mass is 427 g/mol. The maximum absolute atomic E-state index is 11.7. The summed E-state index contributed by atoms with van der Waals surface area (Å²) >= 11 is 0. The van der Waals surface area contributed by atoms with E-state index in [9.17, 15) is 9.59 Å². The number of rotatable bonds is 23. The van der Waals surface area contributed by atoms with Crippen LogP contribution in [0.4, 0.5) is 0 Å². The molecule has 2 N–H and O–H groups in total. The van der Waals surface area contributed by atoms with Gasteiger partial charge in [-0.3, -0.25) is 9.69 Å². The number of esters is 1. The van der Waals surface area contributed by atoms with Gasteiger partial charge in [0, 0.05) is 32.5 Å². The van der Waals surface area contributed by atoms with Crippen molar-refractivity contribution in [1.29, 1.82) is 0 Å². The Morgan fingerprint density at radius 2 is 1.20 bits per heavy atom. The van der Waals surface area contributed by atoms with Gasteiger partial charge in [0.15, 0.2) is 0 Å². The Balaban J connectivity index is 3.36. The van der Waals surface area contributed by atoms with Gasteiger partial charge < -0.3 is 19.7 Å². The molecule has 0 saturated carbocycles. The Bertz CT molecular complexity index is 408. The summed E-state index contributed by atoms with van der Waals surface area (Å²) in [6.07, 6.45) is 20.5. The smallest absolute Gasteiger partial charge is 0.305 e. The fraction of sp³-hybridized carbons (Fsp3) is 0.833. The molecule has 0 radical (unpaired) electrons. The van der Waals surface area contributed by atoms with Crippen LogP contribution in [0.2, 0.25) is 0 Å². The second-order valence-electron chi connectivity index (χ2n) is 7.80. The Morgan fingerprint density at radius 3 is 1.73 bits per heavy atom. The minimum atomic E-state index is -0.158. The summed E-state index contributed by atoms with van der Waals surface area (Å²) in [5.41, 5.74) is 0. The van der Waals surface area contributed by atoms with Crippen molar-refractivity contribution >= 4 is 12.3 Å². The number of aldehydes is 1. The van der Waals surface area contributed by atoms with Gasteiger partial charge in [-0.25, -0.2) is 0 Å². The van der Waals surface area contributed by atoms with E-state index in [1.54, 1.807) is 0 Å². The summed E-state index contributed by atoms with van der Waals surface area (Å²) in [5, 5.41) is 17.9. The normalized spacial score (nSPS) is 11.4. The summed E-state index contributed by atoms with van der Waals surface area (Å²) in [4.78, 5) is 23.8. The standard InChI is InChI=1S/C24H45NO5/c26-20-15-13-11-9-7-5-3-1-2-4-6-8-10-12-14-16-24(29)30-23-19-25(17-21-27)18-22-28/h1-2,20,27-28H,3-19,21-23H2/b2-1+.